The van der Waals surface area contributed by atoms with Gasteiger partial charge in [-0.3, -0.25) is 9.89 Å². The molecule has 0 aliphatic carbocycles. The number of amides is 1. The number of H-pyrrole nitrogens is 1. The van der Waals surface area contributed by atoms with E-state index in [1.165, 1.54) is 0 Å². The molecule has 4 aromatic rings. The van der Waals surface area contributed by atoms with Crippen LogP contribution in [-0.4, -0.2) is 42.4 Å². The Bertz CT molecular complexity index is 1300. The number of halogens is 2. The number of aromatic nitrogens is 2. The number of nitrogens with one attached hydrogen (secondary N) is 2. The van der Waals surface area contributed by atoms with E-state index in [4.69, 9.17) is 4.74 Å². The van der Waals surface area contributed by atoms with Crippen LogP contribution in [-0.2, 0) is 4.74 Å². The molecule has 8 heteroatoms. The third kappa shape index (κ3) is 3.92. The summed E-state index contributed by atoms with van der Waals surface area (Å²) in [5.74, 6) is -1.93. The number of morpholine rings is 1. The van der Waals surface area contributed by atoms with Crippen molar-refractivity contribution in [2.24, 2.45) is 0 Å². The lowest BCUT2D eigenvalue weighted by Gasteiger charge is -2.29. The molecule has 0 saturated carbocycles. The lowest BCUT2D eigenvalue weighted by atomic mass is 10.1. The first-order valence-electron chi connectivity index (χ1n) is 10.3. The molecule has 2 N–H and O–H groups in total. The van der Waals surface area contributed by atoms with Crippen LogP contribution in [0.3, 0.4) is 0 Å². The number of anilines is 2. The molecule has 1 aliphatic rings. The quantitative estimate of drug-likeness (QED) is 0.493. The van der Waals surface area contributed by atoms with E-state index in [-0.39, 0.29) is 17.1 Å². The van der Waals surface area contributed by atoms with Crippen LogP contribution in [0.15, 0.2) is 60.7 Å². The molecule has 1 amide bonds. The number of benzene rings is 3. The first-order chi connectivity index (χ1) is 15.6. The molecule has 2 heterocycles. The lowest BCUT2D eigenvalue weighted by molar-refractivity contribution is 0.102. The van der Waals surface area contributed by atoms with Gasteiger partial charge < -0.3 is 15.0 Å². The predicted octanol–water partition coefficient (Wildman–Crippen LogP) is 4.60. The van der Waals surface area contributed by atoms with Gasteiger partial charge in [0.2, 0.25) is 0 Å². The first-order valence-corrected chi connectivity index (χ1v) is 10.3. The first kappa shape index (κ1) is 20.1. The monoisotopic (exact) mass is 434 g/mol. The lowest BCUT2D eigenvalue weighted by Crippen LogP contribution is -2.36. The fourth-order valence-electron chi connectivity index (χ4n) is 3.80. The van der Waals surface area contributed by atoms with Gasteiger partial charge in [-0.2, -0.15) is 5.10 Å². The average Bonchev–Trinajstić information content (AvgIpc) is 3.32. The second kappa shape index (κ2) is 8.39. The summed E-state index contributed by atoms with van der Waals surface area (Å²) >= 11 is 0. The molecule has 32 heavy (non-hydrogen) atoms. The largest absolute Gasteiger partial charge is 0.378 e. The van der Waals surface area contributed by atoms with Crippen LogP contribution in [0.1, 0.15) is 10.5 Å². The molecular formula is C24H20F2N4O2. The third-order valence-corrected chi connectivity index (χ3v) is 5.50. The van der Waals surface area contributed by atoms with Crippen LogP contribution in [0.4, 0.5) is 20.2 Å². The van der Waals surface area contributed by atoms with Gasteiger partial charge in [0.15, 0.2) is 0 Å². The normalized spacial score (nSPS) is 14.0. The molecule has 3 aromatic carbocycles. The second-order valence-corrected chi connectivity index (χ2v) is 7.57. The summed E-state index contributed by atoms with van der Waals surface area (Å²) in [5.41, 5.74) is 1.49. The Morgan fingerprint density at radius 1 is 0.969 bits per heavy atom. The third-order valence-electron chi connectivity index (χ3n) is 5.50. The zero-order chi connectivity index (χ0) is 22.1. The van der Waals surface area contributed by atoms with Gasteiger partial charge in [0.25, 0.3) is 5.91 Å². The molecule has 0 bridgehead atoms. The van der Waals surface area contributed by atoms with Crippen LogP contribution in [0.5, 0.6) is 0 Å². The van der Waals surface area contributed by atoms with Crippen LogP contribution in [0, 0.1) is 11.6 Å². The molecule has 1 saturated heterocycles. The fraction of sp³-hybridized carbons (Fsp3) is 0.167. The summed E-state index contributed by atoms with van der Waals surface area (Å²) in [5, 5.41) is 11.4. The van der Waals surface area contributed by atoms with E-state index in [1.807, 2.05) is 42.5 Å². The Balaban J connectivity index is 1.35. The van der Waals surface area contributed by atoms with Gasteiger partial charge in [-0.1, -0.05) is 36.4 Å². The molecular weight excluding hydrogens is 414 g/mol. The van der Waals surface area contributed by atoms with Crippen LogP contribution < -0.4 is 10.2 Å². The topological polar surface area (TPSA) is 70.2 Å². The van der Waals surface area contributed by atoms with E-state index in [9.17, 15) is 13.6 Å². The van der Waals surface area contributed by atoms with Gasteiger partial charge in [0.05, 0.1) is 30.3 Å². The van der Waals surface area contributed by atoms with Gasteiger partial charge in [-0.05, 0) is 22.9 Å². The average molecular weight is 434 g/mol. The second-order valence-electron chi connectivity index (χ2n) is 7.57. The predicted molar refractivity (Wildman–Crippen MR) is 119 cm³/mol. The highest BCUT2D eigenvalue weighted by atomic mass is 19.1. The van der Waals surface area contributed by atoms with Crippen molar-refractivity contribution in [2.45, 2.75) is 0 Å². The molecule has 1 aromatic heterocycles. The van der Waals surface area contributed by atoms with Crippen LogP contribution in [0.25, 0.3) is 22.0 Å². The van der Waals surface area contributed by atoms with Crippen molar-refractivity contribution < 1.29 is 18.3 Å². The molecule has 162 valence electrons. The minimum atomic E-state index is -0.712. The fourth-order valence-corrected chi connectivity index (χ4v) is 3.80. The van der Waals surface area contributed by atoms with Gasteiger partial charge in [0.1, 0.15) is 17.3 Å². The molecule has 0 spiro atoms. The number of hydrogen-bond acceptors (Lipinski definition) is 4. The number of carbonyl (C=O) groups is 1. The Labute approximate surface area is 182 Å². The number of ether oxygens (including phenoxy) is 1. The Morgan fingerprint density at radius 3 is 2.56 bits per heavy atom. The number of rotatable bonds is 4. The summed E-state index contributed by atoms with van der Waals surface area (Å²) in [6, 6.07) is 17.5. The van der Waals surface area contributed by atoms with E-state index in [0.29, 0.717) is 32.0 Å². The van der Waals surface area contributed by atoms with Gasteiger partial charge >= 0.3 is 0 Å². The zero-order valence-electron chi connectivity index (χ0n) is 17.1. The van der Waals surface area contributed by atoms with Crippen molar-refractivity contribution in [3.05, 3.63) is 78.0 Å². The van der Waals surface area contributed by atoms with Crippen molar-refractivity contribution in [1.82, 2.24) is 10.2 Å². The summed E-state index contributed by atoms with van der Waals surface area (Å²) in [4.78, 5) is 14.3. The van der Waals surface area contributed by atoms with Crippen molar-refractivity contribution in [3.63, 3.8) is 0 Å². The maximum atomic E-state index is 14.6. The number of fused-ring (bicyclic) bond motifs is 1. The highest BCUT2D eigenvalue weighted by Crippen LogP contribution is 2.28. The maximum absolute atomic E-state index is 14.6. The smallest absolute Gasteiger partial charge is 0.273 e. The van der Waals surface area contributed by atoms with Crippen molar-refractivity contribution in [3.8, 4) is 11.3 Å². The van der Waals surface area contributed by atoms with E-state index < -0.39 is 17.5 Å². The SMILES string of the molecule is O=C(Nc1cc(F)c(N2CCOCC2)cc1F)c1cc(-c2ccc3ccccc3c2)n[nH]1. The van der Waals surface area contributed by atoms with E-state index in [1.54, 1.807) is 11.0 Å². The number of aromatic amines is 1. The van der Waals surface area contributed by atoms with Crippen molar-refractivity contribution in [1.29, 1.82) is 0 Å². The molecule has 0 unspecified atom stereocenters. The molecule has 1 fully saturated rings. The summed E-state index contributed by atoms with van der Waals surface area (Å²) < 4.78 is 34.5. The zero-order valence-corrected chi connectivity index (χ0v) is 17.1. The summed E-state index contributed by atoms with van der Waals surface area (Å²) in [7, 11) is 0. The molecule has 6 nitrogen and oxygen atoms in total. The minimum Gasteiger partial charge on any atom is -0.378 e. The molecule has 0 atom stereocenters. The molecule has 0 radical (unpaired) electrons. The Hall–Kier alpha value is -3.78. The summed E-state index contributed by atoms with van der Waals surface area (Å²) in [6.07, 6.45) is 0. The van der Waals surface area contributed by atoms with Crippen LogP contribution >= 0.6 is 0 Å². The van der Waals surface area contributed by atoms with E-state index >= 15 is 0 Å². The van der Waals surface area contributed by atoms with Gasteiger partial charge in [-0.15, -0.1) is 0 Å². The maximum Gasteiger partial charge on any atom is 0.273 e. The Kier molecular flexibility index (Phi) is 5.28. The number of nitrogens with zero attached hydrogens (tertiary/aromatic N) is 2. The van der Waals surface area contributed by atoms with E-state index in [2.05, 4.69) is 15.5 Å². The van der Waals surface area contributed by atoms with Gasteiger partial charge in [-0.25, -0.2) is 8.78 Å². The molecule has 1 aliphatic heterocycles. The van der Waals surface area contributed by atoms with Crippen molar-refractivity contribution >= 4 is 28.1 Å². The molecule has 5 rings (SSSR count). The highest BCUT2D eigenvalue weighted by Gasteiger charge is 2.20. The summed E-state index contributed by atoms with van der Waals surface area (Å²) in [6.45, 7) is 1.87. The highest BCUT2D eigenvalue weighted by molar-refractivity contribution is 6.03. The Morgan fingerprint density at radius 2 is 1.75 bits per heavy atom. The van der Waals surface area contributed by atoms with Gasteiger partial charge in [0, 0.05) is 30.8 Å². The standard InChI is InChI=1S/C24H20F2N4O2/c25-18-13-23(30-7-9-32-10-8-30)19(26)12-21(18)27-24(31)22-14-20(28-29-22)17-6-5-15-3-1-2-4-16(15)11-17/h1-6,11-14H,7-10H2,(H,27,31)(H,28,29). The van der Waals surface area contributed by atoms with Crippen molar-refractivity contribution in [2.75, 3.05) is 36.5 Å². The number of carbonyl (C=O) groups excluding carboxylic acids is 1. The van der Waals surface area contributed by atoms with Crippen LogP contribution in [0.2, 0.25) is 0 Å². The number of hydrogen-bond donors (Lipinski definition) is 2. The minimum absolute atomic E-state index is 0.144. The van der Waals surface area contributed by atoms with E-state index in [0.717, 1.165) is 28.5 Å².